The molecule has 6 nitrogen and oxygen atoms in total. The minimum Gasteiger partial charge on any atom is -0.493 e. The highest BCUT2D eigenvalue weighted by Gasteiger charge is 2.26. The number of non-ortho nitro benzene ring substituents is 1. The molecule has 1 heterocycles. The average molecular weight is 252 g/mol. The molecule has 18 heavy (non-hydrogen) atoms. The van der Waals surface area contributed by atoms with Gasteiger partial charge in [0.05, 0.1) is 23.7 Å². The minimum absolute atomic E-state index is 0.0139. The molecule has 0 aromatic heterocycles. The van der Waals surface area contributed by atoms with Gasteiger partial charge in [-0.05, 0) is 6.42 Å². The molecule has 6 heteroatoms. The second-order valence-corrected chi connectivity index (χ2v) is 4.35. The summed E-state index contributed by atoms with van der Waals surface area (Å²) in [4.78, 5) is 12.3. The smallest absolute Gasteiger partial charge is 0.275 e. The SMILES string of the molecule is CCCOc1cc(N2CC(O)C2)cc([N+](=O)[O-])c1. The molecular weight excluding hydrogens is 236 g/mol. The number of ether oxygens (including phenoxy) is 1. The van der Waals surface area contributed by atoms with Crippen LogP contribution in [0.2, 0.25) is 0 Å². The van der Waals surface area contributed by atoms with Gasteiger partial charge in [0, 0.05) is 30.9 Å². The number of nitro groups is 1. The van der Waals surface area contributed by atoms with Crippen molar-refractivity contribution in [1.82, 2.24) is 0 Å². The maximum atomic E-state index is 10.9. The molecule has 0 spiro atoms. The molecule has 2 rings (SSSR count). The topological polar surface area (TPSA) is 75.8 Å². The number of nitro benzene ring substituents is 1. The van der Waals surface area contributed by atoms with E-state index < -0.39 is 4.92 Å². The monoisotopic (exact) mass is 252 g/mol. The fraction of sp³-hybridized carbons (Fsp3) is 0.500. The Morgan fingerprint density at radius 2 is 2.22 bits per heavy atom. The summed E-state index contributed by atoms with van der Waals surface area (Å²) in [5, 5.41) is 20.1. The fourth-order valence-electron chi connectivity index (χ4n) is 1.83. The molecule has 1 aliphatic heterocycles. The van der Waals surface area contributed by atoms with Crippen LogP contribution in [0.1, 0.15) is 13.3 Å². The van der Waals surface area contributed by atoms with Crippen molar-refractivity contribution in [3.05, 3.63) is 28.3 Å². The van der Waals surface area contributed by atoms with Gasteiger partial charge in [-0.15, -0.1) is 0 Å². The first kappa shape index (κ1) is 12.6. The summed E-state index contributed by atoms with van der Waals surface area (Å²) in [7, 11) is 0. The maximum Gasteiger partial charge on any atom is 0.275 e. The number of β-amino-alcohol motifs (C(OH)–C–C–N with tert-alkyl or cyclic N) is 1. The van der Waals surface area contributed by atoms with Gasteiger partial charge >= 0.3 is 0 Å². The van der Waals surface area contributed by atoms with Crippen molar-refractivity contribution in [2.45, 2.75) is 19.4 Å². The predicted molar refractivity (Wildman–Crippen MR) is 67.1 cm³/mol. The van der Waals surface area contributed by atoms with Crippen LogP contribution in [-0.2, 0) is 0 Å². The summed E-state index contributed by atoms with van der Waals surface area (Å²) in [5.41, 5.74) is 0.737. The lowest BCUT2D eigenvalue weighted by Crippen LogP contribution is -2.50. The van der Waals surface area contributed by atoms with Gasteiger partial charge in [-0.1, -0.05) is 6.92 Å². The quantitative estimate of drug-likeness (QED) is 0.635. The van der Waals surface area contributed by atoms with Crippen molar-refractivity contribution >= 4 is 11.4 Å². The van der Waals surface area contributed by atoms with E-state index in [1.807, 2.05) is 11.8 Å². The summed E-state index contributed by atoms with van der Waals surface area (Å²) in [6.45, 7) is 3.52. The van der Waals surface area contributed by atoms with Crippen LogP contribution < -0.4 is 9.64 Å². The second kappa shape index (κ2) is 5.22. The normalized spacial score (nSPS) is 15.3. The van der Waals surface area contributed by atoms with Crippen molar-refractivity contribution < 1.29 is 14.8 Å². The van der Waals surface area contributed by atoms with Crippen LogP contribution in [0.4, 0.5) is 11.4 Å². The summed E-state index contributed by atoms with van der Waals surface area (Å²) in [5.74, 6) is 0.502. The Kier molecular flexibility index (Phi) is 3.66. The summed E-state index contributed by atoms with van der Waals surface area (Å²) in [6.07, 6.45) is 0.504. The Balaban J connectivity index is 2.22. The summed E-state index contributed by atoms with van der Waals surface area (Å²) >= 11 is 0. The van der Waals surface area contributed by atoms with E-state index >= 15 is 0 Å². The van der Waals surface area contributed by atoms with Crippen LogP contribution in [0.25, 0.3) is 0 Å². The van der Waals surface area contributed by atoms with Gasteiger partial charge in [0.25, 0.3) is 5.69 Å². The van der Waals surface area contributed by atoms with Crippen LogP contribution >= 0.6 is 0 Å². The lowest BCUT2D eigenvalue weighted by Gasteiger charge is -2.37. The molecule has 1 aliphatic rings. The molecule has 1 fully saturated rings. The van der Waals surface area contributed by atoms with E-state index in [0.717, 1.165) is 12.1 Å². The molecule has 1 N–H and O–H groups in total. The number of aliphatic hydroxyl groups is 1. The van der Waals surface area contributed by atoms with E-state index in [1.54, 1.807) is 6.07 Å². The van der Waals surface area contributed by atoms with E-state index in [9.17, 15) is 15.2 Å². The zero-order chi connectivity index (χ0) is 13.1. The highest BCUT2D eigenvalue weighted by atomic mass is 16.6. The van der Waals surface area contributed by atoms with Gasteiger partial charge in [0.15, 0.2) is 0 Å². The lowest BCUT2D eigenvalue weighted by atomic mass is 10.1. The fourth-order valence-corrected chi connectivity index (χ4v) is 1.83. The predicted octanol–water partition coefficient (Wildman–Crippen LogP) is 1.56. The van der Waals surface area contributed by atoms with Crippen LogP contribution in [0.15, 0.2) is 18.2 Å². The third-order valence-electron chi connectivity index (χ3n) is 2.79. The Bertz CT molecular complexity index is 444. The Hall–Kier alpha value is -1.82. The van der Waals surface area contributed by atoms with E-state index in [2.05, 4.69) is 0 Å². The highest BCUT2D eigenvalue weighted by Crippen LogP contribution is 2.30. The zero-order valence-corrected chi connectivity index (χ0v) is 10.2. The molecule has 0 aliphatic carbocycles. The molecule has 0 amide bonds. The van der Waals surface area contributed by atoms with E-state index in [4.69, 9.17) is 4.74 Å². The molecular formula is C12H16N2O4. The number of nitrogens with zero attached hydrogens (tertiary/aromatic N) is 2. The number of hydrogen-bond acceptors (Lipinski definition) is 5. The molecule has 0 atom stereocenters. The number of hydrogen-bond donors (Lipinski definition) is 1. The molecule has 1 saturated heterocycles. The van der Waals surface area contributed by atoms with Gasteiger partial charge in [-0.2, -0.15) is 0 Å². The van der Waals surface area contributed by atoms with Gasteiger partial charge < -0.3 is 14.7 Å². The number of anilines is 1. The summed E-state index contributed by atoms with van der Waals surface area (Å²) in [6, 6.07) is 4.70. The van der Waals surface area contributed by atoms with Gasteiger partial charge in [-0.25, -0.2) is 0 Å². The summed E-state index contributed by atoms with van der Waals surface area (Å²) < 4.78 is 5.44. The van der Waals surface area contributed by atoms with Crippen molar-refractivity contribution in [1.29, 1.82) is 0 Å². The van der Waals surface area contributed by atoms with E-state index in [-0.39, 0.29) is 11.8 Å². The number of aliphatic hydroxyl groups excluding tert-OH is 1. The highest BCUT2D eigenvalue weighted by molar-refractivity contribution is 5.59. The van der Waals surface area contributed by atoms with E-state index in [0.29, 0.717) is 25.4 Å². The molecule has 0 radical (unpaired) electrons. The molecule has 1 aromatic rings. The van der Waals surface area contributed by atoms with Gasteiger partial charge in [0.2, 0.25) is 0 Å². The standard InChI is InChI=1S/C12H16N2O4/c1-2-3-18-12-5-9(13-7-11(15)8-13)4-10(6-12)14(16)17/h4-6,11,15H,2-3,7-8H2,1H3. The Labute approximate surface area is 105 Å². The number of rotatable bonds is 5. The third-order valence-corrected chi connectivity index (χ3v) is 2.79. The third kappa shape index (κ3) is 2.70. The van der Waals surface area contributed by atoms with Gasteiger partial charge in [0.1, 0.15) is 5.75 Å². The molecule has 0 bridgehead atoms. The second-order valence-electron chi connectivity index (χ2n) is 4.35. The van der Waals surface area contributed by atoms with Crippen molar-refractivity contribution in [2.24, 2.45) is 0 Å². The Morgan fingerprint density at radius 3 is 2.78 bits per heavy atom. The van der Waals surface area contributed by atoms with Crippen LogP contribution in [-0.4, -0.2) is 35.8 Å². The lowest BCUT2D eigenvalue weighted by molar-refractivity contribution is -0.384. The van der Waals surface area contributed by atoms with Crippen LogP contribution in [0, 0.1) is 10.1 Å². The number of benzene rings is 1. The first-order chi connectivity index (χ1) is 8.60. The largest absolute Gasteiger partial charge is 0.493 e. The molecule has 98 valence electrons. The molecule has 1 aromatic carbocycles. The van der Waals surface area contributed by atoms with Gasteiger partial charge in [-0.3, -0.25) is 10.1 Å². The zero-order valence-electron chi connectivity index (χ0n) is 10.2. The minimum atomic E-state index is -0.432. The Morgan fingerprint density at radius 1 is 1.50 bits per heavy atom. The van der Waals surface area contributed by atoms with Crippen molar-refractivity contribution in [2.75, 3.05) is 24.6 Å². The van der Waals surface area contributed by atoms with Crippen LogP contribution in [0.5, 0.6) is 5.75 Å². The average Bonchev–Trinajstić information content (AvgIpc) is 2.32. The molecule has 0 unspecified atom stereocenters. The first-order valence-corrected chi connectivity index (χ1v) is 5.95. The van der Waals surface area contributed by atoms with Crippen molar-refractivity contribution in [3.8, 4) is 5.75 Å². The van der Waals surface area contributed by atoms with Crippen molar-refractivity contribution in [3.63, 3.8) is 0 Å². The molecule has 0 saturated carbocycles. The van der Waals surface area contributed by atoms with Crippen LogP contribution in [0.3, 0.4) is 0 Å². The van der Waals surface area contributed by atoms with E-state index in [1.165, 1.54) is 12.1 Å². The first-order valence-electron chi connectivity index (χ1n) is 5.95. The maximum absolute atomic E-state index is 10.9.